The lowest BCUT2D eigenvalue weighted by atomic mass is 10.4. The fraction of sp³-hybridized carbons (Fsp3) is 0.400. The Morgan fingerprint density at radius 2 is 2.35 bits per heavy atom. The summed E-state index contributed by atoms with van der Waals surface area (Å²) in [6.45, 7) is 3.95. The van der Waals surface area contributed by atoms with Crippen LogP contribution in [0.4, 0.5) is 0 Å². The summed E-state index contributed by atoms with van der Waals surface area (Å²) in [6, 6.07) is 0. The van der Waals surface area contributed by atoms with Crippen LogP contribution in [0.5, 0.6) is 0 Å². The van der Waals surface area contributed by atoms with Crippen molar-refractivity contribution in [3.8, 4) is 10.7 Å². The van der Waals surface area contributed by atoms with Gasteiger partial charge in [-0.2, -0.15) is 4.98 Å². The maximum absolute atomic E-state index is 11.5. The van der Waals surface area contributed by atoms with Crippen LogP contribution in [0.15, 0.2) is 5.51 Å². The average molecular weight is 252 g/mol. The van der Waals surface area contributed by atoms with Crippen LogP contribution < -0.4 is 0 Å². The Labute approximate surface area is 102 Å². The molecule has 0 bridgehead atoms. The number of ether oxygens (including phenoxy) is 1. The lowest BCUT2D eigenvalue weighted by molar-refractivity contribution is 0.0512. The number of carbonyl (C=O) groups excluding carboxylic acids is 1. The van der Waals surface area contributed by atoms with E-state index in [1.165, 1.54) is 11.3 Å². The Hall–Kier alpha value is -1.76. The maximum atomic E-state index is 11.5. The van der Waals surface area contributed by atoms with Crippen molar-refractivity contribution < 1.29 is 9.53 Å². The van der Waals surface area contributed by atoms with E-state index in [2.05, 4.69) is 15.1 Å². The quantitative estimate of drug-likeness (QED) is 0.773. The molecule has 0 atom stereocenters. The molecule has 2 aromatic heterocycles. The zero-order valence-electron chi connectivity index (χ0n) is 9.80. The number of hydrogen-bond acceptors (Lipinski definition) is 6. The number of rotatable bonds is 3. The number of carbonyl (C=O) groups is 1. The minimum atomic E-state index is -0.503. The first-order valence-corrected chi connectivity index (χ1v) is 6.00. The number of thiazole rings is 1. The van der Waals surface area contributed by atoms with E-state index in [1.807, 2.05) is 6.92 Å². The van der Waals surface area contributed by atoms with Crippen molar-refractivity contribution in [2.45, 2.75) is 13.8 Å². The van der Waals surface area contributed by atoms with Crippen LogP contribution in [0.3, 0.4) is 0 Å². The van der Waals surface area contributed by atoms with Gasteiger partial charge in [0.25, 0.3) is 5.82 Å². The number of esters is 1. The van der Waals surface area contributed by atoms with E-state index in [9.17, 15) is 4.79 Å². The molecule has 0 unspecified atom stereocenters. The van der Waals surface area contributed by atoms with E-state index in [1.54, 1.807) is 24.2 Å². The fourth-order valence-corrected chi connectivity index (χ4v) is 2.20. The first kappa shape index (κ1) is 11.7. The standard InChI is InChI=1S/C10H12N4O2S/c1-4-16-10(15)8-12-9(14(3)13-8)7-6(2)11-5-17-7/h5H,4H2,1-3H3. The third-order valence-corrected chi connectivity index (χ3v) is 3.09. The summed E-state index contributed by atoms with van der Waals surface area (Å²) >= 11 is 1.47. The van der Waals surface area contributed by atoms with E-state index < -0.39 is 5.97 Å². The molecule has 0 aromatic carbocycles. The first-order valence-electron chi connectivity index (χ1n) is 5.12. The Bertz CT molecular complexity index is 546. The number of hydrogen-bond donors (Lipinski definition) is 0. The van der Waals surface area contributed by atoms with Gasteiger partial charge in [0.2, 0.25) is 0 Å². The molecule has 0 radical (unpaired) electrons. The third-order valence-electron chi connectivity index (χ3n) is 2.17. The molecular formula is C10H12N4O2S. The van der Waals surface area contributed by atoms with E-state index >= 15 is 0 Å². The van der Waals surface area contributed by atoms with Crippen molar-refractivity contribution in [3.05, 3.63) is 17.0 Å². The summed E-state index contributed by atoms with van der Waals surface area (Å²) in [6.07, 6.45) is 0. The highest BCUT2D eigenvalue weighted by atomic mass is 32.1. The minimum absolute atomic E-state index is 0.0807. The van der Waals surface area contributed by atoms with Gasteiger partial charge in [0.15, 0.2) is 5.82 Å². The summed E-state index contributed by atoms with van der Waals surface area (Å²) in [5, 5.41) is 4.04. The SMILES string of the molecule is CCOC(=O)c1nc(-c2scnc2C)n(C)n1. The summed E-state index contributed by atoms with van der Waals surface area (Å²) in [5.74, 6) is 0.210. The molecule has 0 aliphatic carbocycles. The van der Waals surface area contributed by atoms with Gasteiger partial charge in [-0.1, -0.05) is 0 Å². The highest BCUT2D eigenvalue weighted by Crippen LogP contribution is 2.24. The van der Waals surface area contributed by atoms with Crippen molar-refractivity contribution in [2.24, 2.45) is 7.05 Å². The van der Waals surface area contributed by atoms with Crippen molar-refractivity contribution >= 4 is 17.3 Å². The smallest absolute Gasteiger partial charge is 0.378 e. The highest BCUT2D eigenvalue weighted by Gasteiger charge is 2.18. The molecule has 0 N–H and O–H groups in total. The van der Waals surface area contributed by atoms with E-state index in [0.29, 0.717) is 12.4 Å². The molecule has 6 nitrogen and oxygen atoms in total. The second-order valence-electron chi connectivity index (χ2n) is 3.37. The van der Waals surface area contributed by atoms with Gasteiger partial charge in [0.05, 0.1) is 22.7 Å². The molecule has 0 aliphatic rings. The van der Waals surface area contributed by atoms with Crippen LogP contribution in [0.25, 0.3) is 10.7 Å². The summed E-state index contributed by atoms with van der Waals surface area (Å²) in [7, 11) is 1.74. The predicted molar refractivity (Wildman–Crippen MR) is 62.8 cm³/mol. The monoisotopic (exact) mass is 252 g/mol. The van der Waals surface area contributed by atoms with Crippen LogP contribution in [0, 0.1) is 6.92 Å². The second-order valence-corrected chi connectivity index (χ2v) is 4.22. The molecule has 0 amide bonds. The Kier molecular flexibility index (Phi) is 3.19. The molecule has 0 spiro atoms. The molecule has 0 fully saturated rings. The second kappa shape index (κ2) is 4.62. The molecule has 90 valence electrons. The Balaban J connectivity index is 2.38. The highest BCUT2D eigenvalue weighted by molar-refractivity contribution is 7.13. The van der Waals surface area contributed by atoms with Crippen molar-refractivity contribution in [1.82, 2.24) is 19.7 Å². The Morgan fingerprint density at radius 1 is 1.59 bits per heavy atom. The normalized spacial score (nSPS) is 10.5. The van der Waals surface area contributed by atoms with E-state index in [4.69, 9.17) is 4.74 Å². The van der Waals surface area contributed by atoms with Crippen LogP contribution in [0.1, 0.15) is 23.2 Å². The van der Waals surface area contributed by atoms with E-state index in [0.717, 1.165) is 10.6 Å². The molecule has 0 saturated carbocycles. The summed E-state index contributed by atoms with van der Waals surface area (Å²) in [4.78, 5) is 20.7. The van der Waals surface area contributed by atoms with Gasteiger partial charge in [-0.3, -0.25) is 0 Å². The topological polar surface area (TPSA) is 69.9 Å². The summed E-state index contributed by atoms with van der Waals surface area (Å²) in [5.41, 5.74) is 2.62. The third kappa shape index (κ3) is 2.19. The lowest BCUT2D eigenvalue weighted by Crippen LogP contribution is -2.07. The largest absolute Gasteiger partial charge is 0.460 e. The predicted octanol–water partition coefficient (Wildman–Crippen LogP) is 1.42. The summed E-state index contributed by atoms with van der Waals surface area (Å²) < 4.78 is 6.42. The Morgan fingerprint density at radius 3 is 2.94 bits per heavy atom. The molecule has 17 heavy (non-hydrogen) atoms. The van der Waals surface area contributed by atoms with Crippen LogP contribution in [-0.4, -0.2) is 32.3 Å². The van der Waals surface area contributed by atoms with Crippen molar-refractivity contribution in [2.75, 3.05) is 6.61 Å². The number of nitrogens with zero attached hydrogens (tertiary/aromatic N) is 4. The molecule has 2 heterocycles. The molecule has 7 heteroatoms. The zero-order valence-corrected chi connectivity index (χ0v) is 10.6. The van der Waals surface area contributed by atoms with Crippen molar-refractivity contribution in [1.29, 1.82) is 0 Å². The van der Waals surface area contributed by atoms with Crippen LogP contribution in [-0.2, 0) is 11.8 Å². The van der Waals surface area contributed by atoms with Gasteiger partial charge in [0.1, 0.15) is 0 Å². The fourth-order valence-electron chi connectivity index (χ4n) is 1.38. The number of aryl methyl sites for hydroxylation is 2. The van der Waals surface area contributed by atoms with Crippen molar-refractivity contribution in [3.63, 3.8) is 0 Å². The van der Waals surface area contributed by atoms with Gasteiger partial charge in [-0.25, -0.2) is 14.5 Å². The molecular weight excluding hydrogens is 240 g/mol. The van der Waals surface area contributed by atoms with Gasteiger partial charge in [0, 0.05) is 7.05 Å². The van der Waals surface area contributed by atoms with Gasteiger partial charge < -0.3 is 4.74 Å². The van der Waals surface area contributed by atoms with Crippen LogP contribution in [0.2, 0.25) is 0 Å². The van der Waals surface area contributed by atoms with Crippen LogP contribution >= 0.6 is 11.3 Å². The van der Waals surface area contributed by atoms with Gasteiger partial charge in [-0.05, 0) is 13.8 Å². The lowest BCUT2D eigenvalue weighted by Gasteiger charge is -1.95. The molecule has 0 saturated heterocycles. The average Bonchev–Trinajstić information content (AvgIpc) is 2.85. The molecule has 2 rings (SSSR count). The first-order chi connectivity index (χ1) is 8.13. The molecule has 0 aliphatic heterocycles. The zero-order chi connectivity index (χ0) is 12.4. The maximum Gasteiger partial charge on any atom is 0.378 e. The van der Waals surface area contributed by atoms with E-state index in [-0.39, 0.29) is 5.82 Å². The molecule has 2 aromatic rings. The minimum Gasteiger partial charge on any atom is -0.460 e. The number of aromatic nitrogens is 4. The van der Waals surface area contributed by atoms with Gasteiger partial charge in [-0.15, -0.1) is 16.4 Å². The van der Waals surface area contributed by atoms with Gasteiger partial charge >= 0.3 is 5.97 Å².